The monoisotopic (exact) mass is 438 g/mol. The molecule has 1 aromatic carbocycles. The number of anilines is 1. The molecule has 0 aliphatic carbocycles. The molecule has 0 bridgehead atoms. The summed E-state index contributed by atoms with van der Waals surface area (Å²) < 4.78 is 5.57. The summed E-state index contributed by atoms with van der Waals surface area (Å²) in [4.78, 5) is 22.9. The minimum atomic E-state index is -0.121. The molecule has 1 saturated heterocycles. The number of rotatable bonds is 8. The fourth-order valence-electron chi connectivity index (χ4n) is 3.67. The molecule has 3 rings (SSSR count). The zero-order chi connectivity index (χ0) is 22.8. The van der Waals surface area contributed by atoms with Gasteiger partial charge in [0.15, 0.2) is 12.6 Å². The number of ether oxygens (including phenoxy) is 1. The number of pyridine rings is 1. The fraction of sp³-hybridized carbons (Fsp3) is 0.458. The fourth-order valence-corrected chi connectivity index (χ4v) is 3.67. The molecule has 3 N–H and O–H groups in total. The summed E-state index contributed by atoms with van der Waals surface area (Å²) in [5.41, 5.74) is 2.10. The maximum absolute atomic E-state index is 11.6. The highest BCUT2D eigenvalue weighted by molar-refractivity contribution is 5.80. The van der Waals surface area contributed by atoms with Crippen LogP contribution in [0.15, 0.2) is 47.5 Å². The maximum Gasteiger partial charge on any atom is 0.257 e. The number of piperidine rings is 1. The van der Waals surface area contributed by atoms with Gasteiger partial charge in [-0.15, -0.1) is 0 Å². The van der Waals surface area contributed by atoms with E-state index in [9.17, 15) is 4.79 Å². The molecular formula is C24H34N6O2. The number of aryl methyl sites for hydroxylation is 1. The summed E-state index contributed by atoms with van der Waals surface area (Å²) in [6.07, 6.45) is 2.05. The highest BCUT2D eigenvalue weighted by Gasteiger charge is 2.21. The molecule has 1 aliphatic rings. The number of aromatic nitrogens is 1. The number of carbonyl (C=O) groups is 1. The van der Waals surface area contributed by atoms with E-state index < -0.39 is 0 Å². The Morgan fingerprint density at radius 3 is 2.69 bits per heavy atom. The Balaban J connectivity index is 1.44. The standard InChI is InChI=1S/C24H34N6O2/c1-4-26-23(31)17-32-21-9-6-8-19(15-21)16-27-24(25-3)29-20-11-13-30(14-12-20)22-10-5-7-18(2)28-22/h5-10,15,20H,4,11-14,16-17H2,1-3H3,(H,26,31)(H2,25,27,29). The second kappa shape index (κ2) is 11.9. The van der Waals surface area contributed by atoms with Gasteiger partial charge in [0.1, 0.15) is 11.6 Å². The van der Waals surface area contributed by atoms with Crippen LogP contribution in [0.5, 0.6) is 5.75 Å². The zero-order valence-electron chi connectivity index (χ0n) is 19.2. The molecule has 1 amide bonds. The molecule has 1 aromatic heterocycles. The first-order chi connectivity index (χ1) is 15.6. The van der Waals surface area contributed by atoms with Gasteiger partial charge >= 0.3 is 0 Å². The van der Waals surface area contributed by atoms with E-state index in [1.807, 2.05) is 44.2 Å². The van der Waals surface area contributed by atoms with E-state index >= 15 is 0 Å². The quantitative estimate of drug-likeness (QED) is 0.433. The number of hydrogen-bond acceptors (Lipinski definition) is 5. The summed E-state index contributed by atoms with van der Waals surface area (Å²) >= 11 is 0. The molecule has 1 aliphatic heterocycles. The number of likely N-dealkylation sites (N-methyl/N-ethyl adjacent to an activating group) is 1. The Kier molecular flexibility index (Phi) is 8.71. The van der Waals surface area contributed by atoms with Crippen LogP contribution >= 0.6 is 0 Å². The van der Waals surface area contributed by atoms with Crippen LogP contribution in [0.25, 0.3) is 0 Å². The molecule has 2 heterocycles. The Hall–Kier alpha value is -3.29. The SMILES string of the molecule is CCNC(=O)COc1cccc(CNC(=NC)NC2CCN(c3cccc(C)n3)CC2)c1. The predicted octanol–water partition coefficient (Wildman–Crippen LogP) is 2.24. The van der Waals surface area contributed by atoms with Crippen molar-refractivity contribution in [2.45, 2.75) is 39.3 Å². The van der Waals surface area contributed by atoms with Crippen molar-refractivity contribution in [2.24, 2.45) is 4.99 Å². The smallest absolute Gasteiger partial charge is 0.257 e. The van der Waals surface area contributed by atoms with Crippen molar-refractivity contribution >= 4 is 17.7 Å². The third-order valence-corrected chi connectivity index (χ3v) is 5.36. The minimum absolute atomic E-state index is 0.0186. The molecule has 172 valence electrons. The molecule has 1 fully saturated rings. The Labute approximate surface area is 190 Å². The number of amides is 1. The summed E-state index contributed by atoms with van der Waals surface area (Å²) in [6.45, 7) is 7.08. The van der Waals surface area contributed by atoms with Crippen molar-refractivity contribution in [3.63, 3.8) is 0 Å². The van der Waals surface area contributed by atoms with Crippen LogP contribution in [0.1, 0.15) is 31.0 Å². The van der Waals surface area contributed by atoms with Crippen LogP contribution in [0.2, 0.25) is 0 Å². The van der Waals surface area contributed by atoms with E-state index in [2.05, 4.69) is 43.0 Å². The van der Waals surface area contributed by atoms with Crippen molar-refractivity contribution in [1.82, 2.24) is 20.9 Å². The van der Waals surface area contributed by atoms with Crippen LogP contribution in [-0.4, -0.2) is 56.2 Å². The second-order valence-corrected chi connectivity index (χ2v) is 7.86. The minimum Gasteiger partial charge on any atom is -0.484 e. The van der Waals surface area contributed by atoms with Crippen LogP contribution < -0.4 is 25.6 Å². The van der Waals surface area contributed by atoms with Gasteiger partial charge in [-0.1, -0.05) is 18.2 Å². The zero-order valence-corrected chi connectivity index (χ0v) is 19.2. The third kappa shape index (κ3) is 7.14. The number of guanidine groups is 1. The predicted molar refractivity (Wildman–Crippen MR) is 128 cm³/mol. The van der Waals surface area contributed by atoms with E-state index in [1.165, 1.54) is 0 Å². The van der Waals surface area contributed by atoms with Gasteiger partial charge in [-0.25, -0.2) is 4.98 Å². The molecule has 0 unspecified atom stereocenters. The molecule has 0 spiro atoms. The van der Waals surface area contributed by atoms with E-state index in [4.69, 9.17) is 4.74 Å². The lowest BCUT2D eigenvalue weighted by Crippen LogP contribution is -2.48. The van der Waals surface area contributed by atoms with Gasteiger partial charge < -0.3 is 25.6 Å². The Morgan fingerprint density at radius 2 is 1.97 bits per heavy atom. The molecule has 0 saturated carbocycles. The molecule has 2 aromatic rings. The van der Waals surface area contributed by atoms with Crippen LogP contribution in [0.3, 0.4) is 0 Å². The average molecular weight is 439 g/mol. The van der Waals surface area contributed by atoms with Gasteiger partial charge in [0.05, 0.1) is 0 Å². The summed E-state index contributed by atoms with van der Waals surface area (Å²) in [5, 5.41) is 9.63. The highest BCUT2D eigenvalue weighted by atomic mass is 16.5. The first-order valence-electron chi connectivity index (χ1n) is 11.2. The topological polar surface area (TPSA) is 90.9 Å². The molecule has 0 radical (unpaired) electrons. The number of nitrogens with one attached hydrogen (secondary N) is 3. The van der Waals surface area contributed by atoms with Crippen LogP contribution in [0.4, 0.5) is 5.82 Å². The lowest BCUT2D eigenvalue weighted by atomic mass is 10.1. The summed E-state index contributed by atoms with van der Waals surface area (Å²) in [6, 6.07) is 14.3. The normalized spacial score (nSPS) is 14.7. The Bertz CT molecular complexity index is 909. The Morgan fingerprint density at radius 1 is 1.19 bits per heavy atom. The van der Waals surface area contributed by atoms with Crippen molar-refractivity contribution < 1.29 is 9.53 Å². The third-order valence-electron chi connectivity index (χ3n) is 5.36. The van der Waals surface area contributed by atoms with E-state index in [0.29, 0.717) is 24.9 Å². The van der Waals surface area contributed by atoms with Gasteiger partial charge in [-0.3, -0.25) is 9.79 Å². The average Bonchev–Trinajstić information content (AvgIpc) is 2.81. The van der Waals surface area contributed by atoms with Crippen LogP contribution in [0, 0.1) is 6.92 Å². The van der Waals surface area contributed by atoms with Gasteiger partial charge in [0.2, 0.25) is 0 Å². The summed E-state index contributed by atoms with van der Waals surface area (Å²) in [5.74, 6) is 2.39. The number of benzene rings is 1. The van der Waals surface area contributed by atoms with Gasteiger partial charge in [-0.05, 0) is 56.5 Å². The lowest BCUT2D eigenvalue weighted by molar-refractivity contribution is -0.122. The first-order valence-corrected chi connectivity index (χ1v) is 11.2. The lowest BCUT2D eigenvalue weighted by Gasteiger charge is -2.34. The first kappa shape index (κ1) is 23.4. The molecule has 8 nitrogen and oxygen atoms in total. The second-order valence-electron chi connectivity index (χ2n) is 7.86. The highest BCUT2D eigenvalue weighted by Crippen LogP contribution is 2.18. The van der Waals surface area contributed by atoms with Gasteiger partial charge in [0, 0.05) is 45.0 Å². The van der Waals surface area contributed by atoms with Crippen molar-refractivity contribution in [3.8, 4) is 5.75 Å². The van der Waals surface area contributed by atoms with E-state index in [1.54, 1.807) is 7.05 Å². The van der Waals surface area contributed by atoms with Gasteiger partial charge in [0.25, 0.3) is 5.91 Å². The van der Waals surface area contributed by atoms with Crippen molar-refractivity contribution in [2.75, 3.05) is 38.2 Å². The van der Waals surface area contributed by atoms with Crippen LogP contribution in [-0.2, 0) is 11.3 Å². The molecular weight excluding hydrogens is 404 g/mol. The van der Waals surface area contributed by atoms with E-state index in [-0.39, 0.29) is 12.5 Å². The molecule has 8 heteroatoms. The summed E-state index contributed by atoms with van der Waals surface area (Å²) in [7, 11) is 1.78. The van der Waals surface area contributed by atoms with Crippen molar-refractivity contribution in [1.29, 1.82) is 0 Å². The maximum atomic E-state index is 11.6. The number of hydrogen-bond donors (Lipinski definition) is 3. The molecule has 32 heavy (non-hydrogen) atoms. The molecule has 0 atom stereocenters. The van der Waals surface area contributed by atoms with Crippen molar-refractivity contribution in [3.05, 3.63) is 53.7 Å². The van der Waals surface area contributed by atoms with Gasteiger partial charge in [-0.2, -0.15) is 0 Å². The number of carbonyl (C=O) groups excluding carboxylic acids is 1. The number of nitrogens with zero attached hydrogens (tertiary/aromatic N) is 3. The largest absolute Gasteiger partial charge is 0.484 e. The van der Waals surface area contributed by atoms with E-state index in [0.717, 1.165) is 49.0 Å². The number of aliphatic imine (C=N–C) groups is 1.